The van der Waals surface area contributed by atoms with Gasteiger partial charge in [0, 0.05) is 49.3 Å². The summed E-state index contributed by atoms with van der Waals surface area (Å²) in [5.41, 5.74) is -0.943. The number of hydrogen-bond acceptors (Lipinski definition) is 10. The van der Waals surface area contributed by atoms with Gasteiger partial charge in [-0.15, -0.1) is 0 Å². The number of carbonyl (C=O) groups excluding carboxylic acids is 1. The summed E-state index contributed by atoms with van der Waals surface area (Å²) in [6, 6.07) is 0. The van der Waals surface area contributed by atoms with Crippen LogP contribution in [0.4, 0.5) is 0 Å². The van der Waals surface area contributed by atoms with Crippen molar-refractivity contribution in [3.63, 3.8) is 0 Å². The second-order valence-corrected chi connectivity index (χ2v) is 12.7. The predicted octanol–water partition coefficient (Wildman–Crippen LogP) is 1.55. The molecule has 14 nitrogen and oxygen atoms in total. The second kappa shape index (κ2) is 17.2. The molecule has 2 rings (SSSR count). The van der Waals surface area contributed by atoms with Crippen molar-refractivity contribution in [1.82, 2.24) is 14.9 Å². The van der Waals surface area contributed by atoms with Gasteiger partial charge in [-0.1, -0.05) is 34.4 Å². The third-order valence-electron chi connectivity index (χ3n) is 5.62. The first kappa shape index (κ1) is 33.6. The molecule has 1 aromatic heterocycles. The van der Waals surface area contributed by atoms with Crippen molar-refractivity contribution < 1.29 is 43.0 Å². The molecule has 17 heteroatoms. The van der Waals surface area contributed by atoms with Crippen molar-refractivity contribution in [2.45, 2.75) is 70.3 Å². The van der Waals surface area contributed by atoms with Crippen LogP contribution in [-0.2, 0) is 28.2 Å². The van der Waals surface area contributed by atoms with Crippen molar-refractivity contribution in [3.05, 3.63) is 32.6 Å². The molecule has 1 saturated heterocycles. The largest absolute Gasteiger partial charge is 0.481 e. The number of aromatic amines is 1. The van der Waals surface area contributed by atoms with E-state index in [2.05, 4.69) is 10.3 Å². The predicted molar refractivity (Wildman–Crippen MR) is 146 cm³/mol. The molecule has 1 aliphatic heterocycles. The van der Waals surface area contributed by atoms with Gasteiger partial charge in [-0.3, -0.25) is 28.5 Å². The first-order valence-corrected chi connectivity index (χ1v) is 16.5. The number of H-pyrrole nitrogens is 1. The first-order chi connectivity index (χ1) is 18.5. The fraction of sp³-hybridized carbons (Fsp3) is 0.727. The zero-order valence-corrected chi connectivity index (χ0v) is 24.1. The molecular weight excluding hydrogens is 577 g/mol. The highest BCUT2D eigenvalue weighted by Gasteiger charge is 2.41. The molecule has 1 amide bonds. The third-order valence-corrected chi connectivity index (χ3v) is 8.58. The minimum Gasteiger partial charge on any atom is -0.481 e. The Morgan fingerprint density at radius 3 is 2.56 bits per heavy atom. The van der Waals surface area contributed by atoms with Crippen LogP contribution in [0.1, 0.15) is 56.7 Å². The monoisotopic (exact) mass is 613 g/mol. The average molecular weight is 614 g/mol. The Morgan fingerprint density at radius 1 is 1.18 bits per heavy atom. The van der Waals surface area contributed by atoms with Crippen molar-refractivity contribution in [2.75, 3.05) is 31.3 Å². The Bertz CT molecular complexity index is 1090. The standard InChI is InChI=1S/C22H36N3O11PS2/c1-15-13-25(22(30)24-21(15)29)19-12-16(36-37(31,32)33)17(35-19)14-34-9-5-3-2-4-8-23-18(26)6-10-38-39-11-7-20(27)28/h13,16-17,19H,2-12,14H2,1H3,(H,23,26)(H,27,28)(H,24,29,30)(H2,31,32,33)/t16-,17+,19+/m0/s1. The fourth-order valence-corrected chi connectivity index (χ4v) is 6.23. The van der Waals surface area contributed by atoms with Gasteiger partial charge < -0.3 is 29.7 Å². The SMILES string of the molecule is Cc1cn([C@H]2C[C@H](OP(=O)(O)O)[C@@H](COCCCCCCNC(=O)CCSSCCC(=O)O)O2)c(=O)[nH]c1=O. The lowest BCUT2D eigenvalue weighted by molar-refractivity contribution is -0.136. The molecule has 3 atom stereocenters. The maximum Gasteiger partial charge on any atom is 0.469 e. The second-order valence-electron chi connectivity index (χ2n) is 8.85. The molecule has 1 aromatic rings. The van der Waals surface area contributed by atoms with E-state index in [9.17, 15) is 33.5 Å². The lowest BCUT2D eigenvalue weighted by Crippen LogP contribution is -2.33. The number of phosphoric acid groups is 1. The Kier molecular flexibility index (Phi) is 14.8. The third kappa shape index (κ3) is 13.5. The zero-order valence-electron chi connectivity index (χ0n) is 21.6. The summed E-state index contributed by atoms with van der Waals surface area (Å²) in [6.07, 6.45) is 2.35. The molecule has 39 heavy (non-hydrogen) atoms. The summed E-state index contributed by atoms with van der Waals surface area (Å²) < 4.78 is 28.9. The molecule has 0 saturated carbocycles. The highest BCUT2D eigenvalue weighted by molar-refractivity contribution is 8.76. The van der Waals surface area contributed by atoms with Crippen molar-refractivity contribution in [2.24, 2.45) is 0 Å². The first-order valence-electron chi connectivity index (χ1n) is 12.5. The quantitative estimate of drug-likeness (QED) is 0.0854. The number of nitrogens with zero attached hydrogens (tertiary/aromatic N) is 1. The number of amides is 1. The molecule has 222 valence electrons. The minimum atomic E-state index is -4.81. The highest BCUT2D eigenvalue weighted by Crippen LogP contribution is 2.43. The van der Waals surface area contributed by atoms with E-state index in [1.54, 1.807) is 0 Å². The molecule has 0 radical (unpaired) electrons. The molecule has 5 N–H and O–H groups in total. The number of phosphoric ester groups is 1. The van der Waals surface area contributed by atoms with Gasteiger partial charge in [0.2, 0.25) is 5.91 Å². The number of aryl methyl sites for hydroxylation is 1. The molecule has 0 bridgehead atoms. The van der Waals surface area contributed by atoms with Crippen LogP contribution in [0.2, 0.25) is 0 Å². The highest BCUT2D eigenvalue weighted by atomic mass is 33.1. The molecule has 2 heterocycles. The normalized spacial score (nSPS) is 19.3. The van der Waals surface area contributed by atoms with Gasteiger partial charge in [0.1, 0.15) is 18.4 Å². The van der Waals surface area contributed by atoms with Gasteiger partial charge in [0.05, 0.1) is 13.0 Å². The van der Waals surface area contributed by atoms with Crippen LogP contribution in [0.5, 0.6) is 0 Å². The molecular formula is C22H36N3O11PS2. The Balaban J connectivity index is 1.62. The Morgan fingerprint density at radius 2 is 1.87 bits per heavy atom. The van der Waals surface area contributed by atoms with Crippen LogP contribution in [0.15, 0.2) is 15.8 Å². The average Bonchev–Trinajstić information content (AvgIpc) is 3.22. The molecule has 0 spiro atoms. The van der Waals surface area contributed by atoms with Crippen LogP contribution in [0, 0.1) is 6.92 Å². The number of aliphatic carboxylic acids is 1. The van der Waals surface area contributed by atoms with Gasteiger partial charge in [0.15, 0.2) is 0 Å². The maximum absolute atomic E-state index is 12.2. The summed E-state index contributed by atoms with van der Waals surface area (Å²) in [4.78, 5) is 66.7. The van der Waals surface area contributed by atoms with Crippen LogP contribution in [-0.4, -0.2) is 79.8 Å². The van der Waals surface area contributed by atoms with Gasteiger partial charge >= 0.3 is 19.5 Å². The number of unbranched alkanes of at least 4 members (excludes halogenated alkanes) is 3. The number of carboxylic acids is 1. The van der Waals surface area contributed by atoms with E-state index in [0.717, 1.165) is 30.3 Å². The van der Waals surface area contributed by atoms with Crippen molar-refractivity contribution >= 4 is 41.3 Å². The minimum absolute atomic E-state index is 0.000908. The van der Waals surface area contributed by atoms with Gasteiger partial charge in [-0.25, -0.2) is 9.36 Å². The van der Waals surface area contributed by atoms with E-state index in [4.69, 9.17) is 19.1 Å². The van der Waals surface area contributed by atoms with Crippen LogP contribution in [0.3, 0.4) is 0 Å². The Labute approximate surface area is 233 Å². The number of ether oxygens (including phenoxy) is 2. The van der Waals surface area contributed by atoms with Gasteiger partial charge in [-0.2, -0.15) is 0 Å². The number of aromatic nitrogens is 2. The van der Waals surface area contributed by atoms with Crippen molar-refractivity contribution in [3.8, 4) is 0 Å². The number of carboxylic acid groups (broad SMARTS) is 1. The van der Waals surface area contributed by atoms with Crippen LogP contribution < -0.4 is 16.6 Å². The van der Waals surface area contributed by atoms with E-state index < -0.39 is 43.5 Å². The van der Waals surface area contributed by atoms with E-state index in [1.807, 2.05) is 0 Å². The zero-order chi connectivity index (χ0) is 28.8. The topological polar surface area (TPSA) is 206 Å². The van der Waals surface area contributed by atoms with Gasteiger partial charge in [-0.05, 0) is 19.8 Å². The molecule has 0 aromatic carbocycles. The molecule has 1 aliphatic rings. The lowest BCUT2D eigenvalue weighted by atomic mass is 10.2. The van der Waals surface area contributed by atoms with Crippen molar-refractivity contribution in [1.29, 1.82) is 0 Å². The lowest BCUT2D eigenvalue weighted by Gasteiger charge is -2.19. The summed E-state index contributed by atoms with van der Waals surface area (Å²) in [5.74, 6) is 0.272. The van der Waals surface area contributed by atoms with E-state index >= 15 is 0 Å². The number of hydrogen-bond donors (Lipinski definition) is 5. The van der Waals surface area contributed by atoms with Crippen LogP contribution >= 0.6 is 29.4 Å². The molecule has 0 unspecified atom stereocenters. The molecule has 1 fully saturated rings. The summed E-state index contributed by atoms with van der Waals surface area (Å²) in [5, 5.41) is 11.4. The summed E-state index contributed by atoms with van der Waals surface area (Å²) in [6.45, 7) is 2.48. The van der Waals surface area contributed by atoms with Crippen LogP contribution in [0.25, 0.3) is 0 Å². The Hall–Kier alpha value is -1.65. The number of carbonyl (C=O) groups is 2. The maximum atomic E-state index is 12.2. The van der Waals surface area contributed by atoms with E-state index in [1.165, 1.54) is 34.7 Å². The van der Waals surface area contributed by atoms with E-state index in [0.29, 0.717) is 31.1 Å². The molecule has 0 aliphatic carbocycles. The smallest absolute Gasteiger partial charge is 0.469 e. The number of nitrogens with one attached hydrogen (secondary N) is 2. The summed E-state index contributed by atoms with van der Waals surface area (Å²) in [7, 11) is -1.88. The number of rotatable bonds is 19. The van der Waals surface area contributed by atoms with E-state index in [-0.39, 0.29) is 30.9 Å². The van der Waals surface area contributed by atoms with Gasteiger partial charge in [0.25, 0.3) is 5.56 Å². The summed E-state index contributed by atoms with van der Waals surface area (Å²) >= 11 is 0. The fourth-order valence-electron chi connectivity index (χ4n) is 3.69.